The van der Waals surface area contributed by atoms with Crippen LogP contribution in [-0.2, 0) is 0 Å². The van der Waals surface area contributed by atoms with E-state index >= 15 is 0 Å². The van der Waals surface area contributed by atoms with Crippen LogP contribution < -0.4 is 25.9 Å². The number of hydrogen-bond donors (Lipinski definition) is 0. The van der Waals surface area contributed by atoms with E-state index in [0.29, 0.717) is 17.5 Å². The molecule has 0 bridgehead atoms. The Morgan fingerprint density at radius 1 is 0.436 bits per heavy atom. The van der Waals surface area contributed by atoms with Gasteiger partial charge in [0.15, 0.2) is 17.5 Å². The number of benzene rings is 5. The van der Waals surface area contributed by atoms with E-state index in [1.54, 1.807) is 0 Å². The number of para-hydroxylation sites is 2. The Labute approximate surface area is 225 Å². The zero-order valence-electron chi connectivity index (χ0n) is 20.8. The fourth-order valence-electron chi connectivity index (χ4n) is 5.49. The zero-order valence-corrected chi connectivity index (χ0v) is 20.8. The summed E-state index contributed by atoms with van der Waals surface area (Å²) in [5, 5.41) is 0. The van der Waals surface area contributed by atoms with Gasteiger partial charge in [0.05, 0.1) is 5.56 Å². The molecule has 182 valence electrons. The highest BCUT2D eigenvalue weighted by atomic mass is 16.5. The monoisotopic (exact) mass is 501 g/mol. The SMILES string of the molecule is c1ccc(-c2nc(-c3ccccc3)nc(-c3ccc4c5c3Oc3ccccc3B5c3ccccc3O4)n2)cc1. The molecule has 0 saturated carbocycles. The van der Waals surface area contributed by atoms with Crippen LogP contribution in [0.3, 0.4) is 0 Å². The fraction of sp³-hybridized carbons (Fsp3) is 0. The second-order valence-corrected chi connectivity index (χ2v) is 9.61. The topological polar surface area (TPSA) is 57.1 Å². The second kappa shape index (κ2) is 8.67. The number of rotatable bonds is 3. The van der Waals surface area contributed by atoms with Gasteiger partial charge in [-0.15, -0.1) is 0 Å². The van der Waals surface area contributed by atoms with Gasteiger partial charge in [0.2, 0.25) is 0 Å². The predicted octanol–water partition coefficient (Wildman–Crippen LogP) is 5.60. The predicted molar refractivity (Wildman–Crippen MR) is 154 cm³/mol. The highest BCUT2D eigenvalue weighted by molar-refractivity contribution is 6.98. The van der Waals surface area contributed by atoms with Crippen molar-refractivity contribution in [3.05, 3.63) is 121 Å². The molecule has 0 atom stereocenters. The lowest BCUT2D eigenvalue weighted by molar-refractivity contribution is 0.465. The summed E-state index contributed by atoms with van der Waals surface area (Å²) in [7, 11) is 0. The smallest absolute Gasteiger partial charge is 0.260 e. The Hall–Kier alpha value is -5.23. The summed E-state index contributed by atoms with van der Waals surface area (Å²) in [6, 6.07) is 40.4. The van der Waals surface area contributed by atoms with E-state index in [1.165, 1.54) is 0 Å². The first-order valence-corrected chi connectivity index (χ1v) is 12.9. The van der Waals surface area contributed by atoms with Crippen LogP contribution in [-0.4, -0.2) is 21.7 Å². The van der Waals surface area contributed by atoms with Crippen molar-refractivity contribution in [2.75, 3.05) is 0 Å². The van der Waals surface area contributed by atoms with Gasteiger partial charge in [-0.3, -0.25) is 0 Å². The van der Waals surface area contributed by atoms with Gasteiger partial charge in [0.25, 0.3) is 6.71 Å². The molecule has 3 heterocycles. The number of ether oxygens (including phenoxy) is 2. The van der Waals surface area contributed by atoms with Crippen molar-refractivity contribution in [2.24, 2.45) is 0 Å². The van der Waals surface area contributed by atoms with Gasteiger partial charge in [-0.25, -0.2) is 15.0 Å². The van der Waals surface area contributed by atoms with Crippen molar-refractivity contribution in [1.29, 1.82) is 0 Å². The molecule has 2 aliphatic heterocycles. The number of nitrogens with zero attached hydrogens (tertiary/aromatic N) is 3. The van der Waals surface area contributed by atoms with Crippen LogP contribution in [0, 0.1) is 0 Å². The van der Waals surface area contributed by atoms with Crippen LogP contribution in [0.2, 0.25) is 0 Å². The van der Waals surface area contributed by atoms with Crippen LogP contribution >= 0.6 is 0 Å². The third kappa shape index (κ3) is 3.53. The van der Waals surface area contributed by atoms with Gasteiger partial charge in [-0.05, 0) is 35.2 Å². The molecule has 0 N–H and O–H groups in total. The van der Waals surface area contributed by atoms with E-state index < -0.39 is 0 Å². The van der Waals surface area contributed by atoms with Crippen LogP contribution in [0.4, 0.5) is 0 Å². The first kappa shape index (κ1) is 21.8. The number of hydrogen-bond acceptors (Lipinski definition) is 5. The average Bonchev–Trinajstić information content (AvgIpc) is 3.01. The molecule has 0 amide bonds. The normalized spacial score (nSPS) is 12.5. The van der Waals surface area contributed by atoms with E-state index in [-0.39, 0.29) is 6.71 Å². The minimum Gasteiger partial charge on any atom is -0.458 e. The standard InChI is InChI=1S/C33H20BN3O2/c1-3-11-21(12-4-1)31-35-32(22-13-5-2-6-14-22)37-33(36-31)23-19-20-28-29-30(23)39-27-18-10-8-16-25(27)34(29)24-15-7-9-17-26(24)38-28/h1-20H. The van der Waals surface area contributed by atoms with E-state index in [0.717, 1.165) is 56.1 Å². The van der Waals surface area contributed by atoms with Gasteiger partial charge in [-0.2, -0.15) is 0 Å². The maximum absolute atomic E-state index is 6.64. The van der Waals surface area contributed by atoms with E-state index in [2.05, 4.69) is 24.3 Å². The largest absolute Gasteiger partial charge is 0.458 e. The summed E-state index contributed by atoms with van der Waals surface area (Å²) in [4.78, 5) is 14.8. The minimum absolute atomic E-state index is 0.0196. The molecule has 39 heavy (non-hydrogen) atoms. The van der Waals surface area contributed by atoms with Crippen LogP contribution in [0.5, 0.6) is 23.0 Å². The van der Waals surface area contributed by atoms with Crippen molar-refractivity contribution in [2.45, 2.75) is 0 Å². The summed E-state index contributed by atoms with van der Waals surface area (Å²) >= 11 is 0. The van der Waals surface area contributed by atoms with Gasteiger partial charge in [-0.1, -0.05) is 97.1 Å². The third-order valence-electron chi connectivity index (χ3n) is 7.28. The van der Waals surface area contributed by atoms with Crippen molar-refractivity contribution < 1.29 is 9.47 Å². The lowest BCUT2D eigenvalue weighted by Crippen LogP contribution is -2.57. The summed E-state index contributed by atoms with van der Waals surface area (Å²) in [6.45, 7) is -0.0196. The zero-order chi connectivity index (χ0) is 25.8. The maximum atomic E-state index is 6.64. The first-order valence-electron chi connectivity index (χ1n) is 12.9. The van der Waals surface area contributed by atoms with E-state index in [9.17, 15) is 0 Å². The van der Waals surface area contributed by atoms with E-state index in [1.807, 2.05) is 97.1 Å². The molecule has 1 aromatic heterocycles. The van der Waals surface area contributed by atoms with E-state index in [4.69, 9.17) is 24.4 Å². The molecule has 0 fully saturated rings. The maximum Gasteiger partial charge on any atom is 0.260 e. The van der Waals surface area contributed by atoms with Gasteiger partial charge in [0, 0.05) is 16.6 Å². The Kier molecular flexibility index (Phi) is 4.85. The van der Waals surface area contributed by atoms with Crippen molar-refractivity contribution in [3.8, 4) is 57.2 Å². The molecular formula is C33H20BN3O2. The minimum atomic E-state index is -0.0196. The summed E-state index contributed by atoms with van der Waals surface area (Å²) in [5.41, 5.74) is 5.87. The highest BCUT2D eigenvalue weighted by Gasteiger charge is 2.41. The summed E-state index contributed by atoms with van der Waals surface area (Å²) in [5.74, 6) is 4.96. The Bertz CT molecular complexity index is 1810. The average molecular weight is 501 g/mol. The lowest BCUT2D eigenvalue weighted by Gasteiger charge is -2.33. The molecule has 5 nitrogen and oxygen atoms in total. The summed E-state index contributed by atoms with van der Waals surface area (Å²) < 4.78 is 13.0. The lowest BCUT2D eigenvalue weighted by atomic mass is 9.34. The summed E-state index contributed by atoms with van der Waals surface area (Å²) in [6.07, 6.45) is 0. The van der Waals surface area contributed by atoms with Crippen LogP contribution in [0.25, 0.3) is 34.2 Å². The van der Waals surface area contributed by atoms with Crippen LogP contribution in [0.15, 0.2) is 121 Å². The Balaban J connectivity index is 1.38. The Morgan fingerprint density at radius 3 is 1.56 bits per heavy atom. The van der Waals surface area contributed by atoms with Gasteiger partial charge in [0.1, 0.15) is 23.0 Å². The number of fused-ring (bicyclic) bond motifs is 4. The van der Waals surface area contributed by atoms with Crippen molar-refractivity contribution >= 4 is 23.1 Å². The molecule has 0 aliphatic carbocycles. The second-order valence-electron chi connectivity index (χ2n) is 9.61. The van der Waals surface area contributed by atoms with Gasteiger partial charge >= 0.3 is 0 Å². The first-order chi connectivity index (χ1) is 19.3. The molecule has 8 rings (SSSR count). The molecule has 2 aliphatic rings. The molecular weight excluding hydrogens is 481 g/mol. The van der Waals surface area contributed by atoms with Crippen molar-refractivity contribution in [3.63, 3.8) is 0 Å². The quantitative estimate of drug-likeness (QED) is 0.295. The van der Waals surface area contributed by atoms with Crippen LogP contribution in [0.1, 0.15) is 0 Å². The van der Waals surface area contributed by atoms with Crippen molar-refractivity contribution in [1.82, 2.24) is 15.0 Å². The molecule has 0 radical (unpaired) electrons. The molecule has 0 spiro atoms. The molecule has 0 unspecified atom stereocenters. The molecule has 5 aromatic carbocycles. The van der Waals surface area contributed by atoms with Gasteiger partial charge < -0.3 is 9.47 Å². The highest BCUT2D eigenvalue weighted by Crippen LogP contribution is 2.40. The number of aromatic nitrogens is 3. The molecule has 6 heteroatoms. The molecule has 6 aromatic rings. The molecule has 0 saturated heterocycles. The Morgan fingerprint density at radius 2 is 0.949 bits per heavy atom. The fourth-order valence-corrected chi connectivity index (χ4v) is 5.49. The third-order valence-corrected chi connectivity index (χ3v) is 7.28.